The van der Waals surface area contributed by atoms with Gasteiger partial charge in [-0.05, 0) is 45.0 Å². The number of nitrogens with one attached hydrogen (secondary N) is 1. The largest absolute Gasteiger partial charge is 0.481 e. The summed E-state index contributed by atoms with van der Waals surface area (Å²) < 4.78 is 13.6. The van der Waals surface area contributed by atoms with E-state index in [1.54, 1.807) is 17.0 Å². The Bertz CT molecular complexity index is 851. The molecular formula is C20H25FN4O3. The number of halogens is 1. The van der Waals surface area contributed by atoms with E-state index in [0.29, 0.717) is 36.3 Å². The van der Waals surface area contributed by atoms with E-state index in [-0.39, 0.29) is 30.1 Å². The maximum atomic E-state index is 13.6. The summed E-state index contributed by atoms with van der Waals surface area (Å²) in [5, 5.41) is 15.8. The third kappa shape index (κ3) is 4.39. The molecule has 0 bridgehead atoms. The van der Waals surface area contributed by atoms with E-state index in [1.165, 1.54) is 18.3 Å². The van der Waals surface area contributed by atoms with Crippen LogP contribution in [0.3, 0.4) is 0 Å². The molecule has 1 fully saturated rings. The highest BCUT2D eigenvalue weighted by Gasteiger charge is 2.34. The Morgan fingerprint density at radius 2 is 2.18 bits per heavy atom. The van der Waals surface area contributed by atoms with Crippen LogP contribution < -0.4 is 0 Å². The van der Waals surface area contributed by atoms with E-state index in [9.17, 15) is 14.0 Å². The molecule has 2 aromatic rings. The summed E-state index contributed by atoms with van der Waals surface area (Å²) in [5.74, 6) is -1.31. The van der Waals surface area contributed by atoms with Crippen LogP contribution in [0, 0.1) is 11.7 Å². The van der Waals surface area contributed by atoms with Crippen molar-refractivity contribution < 1.29 is 19.1 Å². The van der Waals surface area contributed by atoms with E-state index in [4.69, 9.17) is 5.11 Å². The molecule has 1 aliphatic rings. The minimum atomic E-state index is -0.829. The number of carbonyl (C=O) groups excluding carboxylic acids is 1. The van der Waals surface area contributed by atoms with Crippen LogP contribution in [0.4, 0.5) is 4.39 Å². The molecule has 2 heterocycles. The Morgan fingerprint density at radius 3 is 2.86 bits per heavy atom. The van der Waals surface area contributed by atoms with Gasteiger partial charge in [0.1, 0.15) is 5.82 Å². The normalized spacial score (nSPS) is 19.8. The number of aliphatic carboxylic acids is 1. The Morgan fingerprint density at radius 1 is 1.39 bits per heavy atom. The summed E-state index contributed by atoms with van der Waals surface area (Å²) in [6.07, 6.45) is 2.84. The Kier molecular flexibility index (Phi) is 6.08. The molecule has 8 heteroatoms. The van der Waals surface area contributed by atoms with Crippen molar-refractivity contribution >= 4 is 11.9 Å². The molecule has 7 nitrogen and oxygen atoms in total. The number of rotatable bonds is 6. The predicted molar refractivity (Wildman–Crippen MR) is 102 cm³/mol. The number of nitrogens with zero attached hydrogens (tertiary/aromatic N) is 3. The molecule has 150 valence electrons. The van der Waals surface area contributed by atoms with Crippen molar-refractivity contribution in [3.63, 3.8) is 0 Å². The molecule has 1 aromatic heterocycles. The van der Waals surface area contributed by atoms with Gasteiger partial charge in [-0.3, -0.25) is 14.7 Å². The van der Waals surface area contributed by atoms with Gasteiger partial charge in [-0.15, -0.1) is 0 Å². The number of carbonyl (C=O) groups is 2. The lowest BCUT2D eigenvalue weighted by Gasteiger charge is -2.41. The van der Waals surface area contributed by atoms with Crippen molar-refractivity contribution in [2.24, 2.45) is 5.92 Å². The van der Waals surface area contributed by atoms with Crippen molar-refractivity contribution in [2.45, 2.75) is 25.3 Å². The number of likely N-dealkylation sites (tertiary alicyclic amines) is 1. The fraction of sp³-hybridized carbons (Fsp3) is 0.450. The molecule has 2 atom stereocenters. The molecule has 2 N–H and O–H groups in total. The van der Waals surface area contributed by atoms with E-state index >= 15 is 0 Å². The second-order valence-electron chi connectivity index (χ2n) is 7.43. The summed E-state index contributed by atoms with van der Waals surface area (Å²) in [6, 6.07) is 6.25. The van der Waals surface area contributed by atoms with Crippen LogP contribution in [-0.2, 0) is 4.79 Å². The van der Waals surface area contributed by atoms with Crippen LogP contribution >= 0.6 is 0 Å². The van der Waals surface area contributed by atoms with Crippen molar-refractivity contribution in [3.05, 3.63) is 41.8 Å². The highest BCUT2D eigenvalue weighted by atomic mass is 19.1. The summed E-state index contributed by atoms with van der Waals surface area (Å²) in [7, 11) is 3.96. The van der Waals surface area contributed by atoms with Gasteiger partial charge in [-0.1, -0.05) is 12.1 Å². The Hall–Kier alpha value is -2.74. The fourth-order valence-corrected chi connectivity index (χ4v) is 3.96. The van der Waals surface area contributed by atoms with Crippen molar-refractivity contribution in [2.75, 3.05) is 27.2 Å². The minimum Gasteiger partial charge on any atom is -0.481 e. The van der Waals surface area contributed by atoms with Gasteiger partial charge >= 0.3 is 5.97 Å². The monoisotopic (exact) mass is 388 g/mol. The molecule has 0 saturated carbocycles. The van der Waals surface area contributed by atoms with Gasteiger partial charge in [-0.25, -0.2) is 4.39 Å². The number of amides is 1. The molecule has 1 amide bonds. The molecule has 0 spiro atoms. The number of hydrogen-bond donors (Lipinski definition) is 2. The fourth-order valence-electron chi connectivity index (χ4n) is 3.96. The summed E-state index contributed by atoms with van der Waals surface area (Å²) in [6.45, 7) is 1.07. The minimum absolute atomic E-state index is 0.0771. The second kappa shape index (κ2) is 8.52. The Balaban J connectivity index is 1.79. The van der Waals surface area contributed by atoms with Gasteiger partial charge in [0.15, 0.2) is 0 Å². The van der Waals surface area contributed by atoms with Gasteiger partial charge in [0, 0.05) is 31.1 Å². The standard InChI is InChI=1S/C20H25FN4O3/c1-24(2)17-8-9-25(12-14(17)6-7-18(26)27)20(28)16-11-22-23-19(16)13-4-3-5-15(21)10-13/h3-5,10-11,14,17H,6-9,12H2,1-2H3,(H,22,23)(H,26,27). The maximum Gasteiger partial charge on any atom is 0.303 e. The van der Waals surface area contributed by atoms with E-state index in [1.807, 2.05) is 14.1 Å². The molecule has 1 aromatic carbocycles. The summed E-state index contributed by atoms with van der Waals surface area (Å²) in [5.41, 5.74) is 1.44. The lowest BCUT2D eigenvalue weighted by molar-refractivity contribution is -0.137. The topological polar surface area (TPSA) is 89.5 Å². The lowest BCUT2D eigenvalue weighted by atomic mass is 9.87. The molecular weight excluding hydrogens is 363 g/mol. The average molecular weight is 388 g/mol. The van der Waals surface area contributed by atoms with Crippen molar-refractivity contribution in [3.8, 4) is 11.3 Å². The zero-order valence-electron chi connectivity index (χ0n) is 16.1. The van der Waals surface area contributed by atoms with Gasteiger partial charge in [0.25, 0.3) is 5.91 Å². The van der Waals surface area contributed by atoms with Crippen LogP contribution in [0.5, 0.6) is 0 Å². The second-order valence-corrected chi connectivity index (χ2v) is 7.43. The highest BCUT2D eigenvalue weighted by molar-refractivity contribution is 5.99. The average Bonchev–Trinajstić information content (AvgIpc) is 3.15. The zero-order valence-corrected chi connectivity index (χ0v) is 16.1. The number of carboxylic acid groups (broad SMARTS) is 1. The quantitative estimate of drug-likeness (QED) is 0.794. The van der Waals surface area contributed by atoms with Crippen LogP contribution in [0.1, 0.15) is 29.6 Å². The predicted octanol–water partition coefficient (Wildman–Crippen LogP) is 2.47. The van der Waals surface area contributed by atoms with Crippen molar-refractivity contribution in [1.29, 1.82) is 0 Å². The van der Waals surface area contributed by atoms with Crippen LogP contribution in [0.2, 0.25) is 0 Å². The van der Waals surface area contributed by atoms with E-state index in [0.717, 1.165) is 6.42 Å². The number of carboxylic acids is 1. The van der Waals surface area contributed by atoms with Gasteiger partial charge in [-0.2, -0.15) is 5.10 Å². The first-order chi connectivity index (χ1) is 13.4. The van der Waals surface area contributed by atoms with E-state index < -0.39 is 5.97 Å². The summed E-state index contributed by atoms with van der Waals surface area (Å²) in [4.78, 5) is 28.0. The number of aromatic amines is 1. The molecule has 1 aliphatic heterocycles. The number of H-pyrrole nitrogens is 1. The molecule has 0 aliphatic carbocycles. The SMILES string of the molecule is CN(C)C1CCN(C(=O)c2cn[nH]c2-c2cccc(F)c2)CC1CCC(=O)O. The smallest absolute Gasteiger partial charge is 0.303 e. The van der Waals surface area contributed by atoms with Crippen LogP contribution in [0.25, 0.3) is 11.3 Å². The molecule has 1 saturated heterocycles. The highest BCUT2D eigenvalue weighted by Crippen LogP contribution is 2.28. The van der Waals surface area contributed by atoms with Gasteiger partial charge in [0.05, 0.1) is 17.5 Å². The first-order valence-corrected chi connectivity index (χ1v) is 9.33. The van der Waals surface area contributed by atoms with Gasteiger partial charge in [0.2, 0.25) is 0 Å². The van der Waals surface area contributed by atoms with Crippen molar-refractivity contribution in [1.82, 2.24) is 20.0 Å². The number of aromatic nitrogens is 2. The number of benzene rings is 1. The third-order valence-electron chi connectivity index (χ3n) is 5.36. The first-order valence-electron chi connectivity index (χ1n) is 9.33. The number of hydrogen-bond acceptors (Lipinski definition) is 4. The summed E-state index contributed by atoms with van der Waals surface area (Å²) >= 11 is 0. The Labute approximate surface area is 163 Å². The molecule has 3 rings (SSSR count). The molecule has 0 radical (unpaired) electrons. The molecule has 2 unspecified atom stereocenters. The third-order valence-corrected chi connectivity index (χ3v) is 5.36. The first kappa shape index (κ1) is 20.0. The van der Waals surface area contributed by atoms with Gasteiger partial charge < -0.3 is 14.9 Å². The van der Waals surface area contributed by atoms with Crippen LogP contribution in [0.15, 0.2) is 30.5 Å². The van der Waals surface area contributed by atoms with E-state index in [2.05, 4.69) is 15.1 Å². The number of piperidine rings is 1. The van der Waals surface area contributed by atoms with Crippen LogP contribution in [-0.4, -0.2) is 70.2 Å². The maximum absolute atomic E-state index is 13.6. The zero-order chi connectivity index (χ0) is 20.3. The lowest BCUT2D eigenvalue weighted by Crippen LogP contribution is -2.50. The molecule has 28 heavy (non-hydrogen) atoms.